The first kappa shape index (κ1) is 44.1. The highest BCUT2D eigenvalue weighted by molar-refractivity contribution is 7.90. The fraction of sp³-hybridized carbons (Fsp3) is 0.444. The Balaban J connectivity index is 1.04. The molecule has 0 spiro atoms. The predicted molar refractivity (Wildman–Crippen MR) is 244 cm³/mol. The Bertz CT molecular complexity index is 2490. The lowest BCUT2D eigenvalue weighted by atomic mass is 9.72. The number of hydrogen-bond donors (Lipinski definition) is 3. The van der Waals surface area contributed by atoms with Gasteiger partial charge in [-0.25, -0.2) is 18.1 Å². The number of ether oxygens (including phenoxy) is 2. The van der Waals surface area contributed by atoms with Crippen molar-refractivity contribution in [1.82, 2.24) is 19.6 Å². The van der Waals surface area contributed by atoms with E-state index in [1.54, 1.807) is 6.07 Å². The maximum atomic E-state index is 14.2. The number of carbonyl (C=O) groups is 1. The Morgan fingerprint density at radius 2 is 1.76 bits per heavy atom. The van der Waals surface area contributed by atoms with Crippen molar-refractivity contribution in [2.24, 2.45) is 11.3 Å². The number of anilines is 5. The fourth-order valence-electron chi connectivity index (χ4n) is 8.88. The summed E-state index contributed by atoms with van der Waals surface area (Å²) in [6.45, 7) is 11.1. The SMILES string of the molecule is CC1(C)CCC(CN2CCN(c3ccc(C(=O)NS(=O)(=O)c4ccc(NCC5CCOCC5)c([N+](=O)[O-])c4)c(N4CCCOc5nc(N)ncc54)c3)CC2)=C(c2ccc(Cl)cc2)C1. The van der Waals surface area contributed by atoms with Crippen LogP contribution in [-0.2, 0) is 14.8 Å². The topological polar surface area (TPSA) is 198 Å². The van der Waals surface area contributed by atoms with Crippen molar-refractivity contribution < 1.29 is 27.6 Å². The van der Waals surface area contributed by atoms with Crippen molar-refractivity contribution in [3.8, 4) is 5.88 Å². The second-order valence-corrected chi connectivity index (χ2v) is 19.6. The minimum Gasteiger partial charge on any atom is -0.476 e. The largest absolute Gasteiger partial charge is 0.476 e. The Labute approximate surface area is 373 Å². The number of piperazine rings is 1. The maximum Gasteiger partial charge on any atom is 0.293 e. The van der Waals surface area contributed by atoms with E-state index in [1.165, 1.54) is 35.0 Å². The zero-order valence-electron chi connectivity index (χ0n) is 35.6. The van der Waals surface area contributed by atoms with Crippen molar-refractivity contribution in [2.45, 2.75) is 57.3 Å². The van der Waals surface area contributed by atoms with Crippen molar-refractivity contribution in [3.63, 3.8) is 0 Å². The normalized spacial score (nSPS) is 18.6. The summed E-state index contributed by atoms with van der Waals surface area (Å²) >= 11 is 6.25. The summed E-state index contributed by atoms with van der Waals surface area (Å²) in [5.41, 5.74) is 11.9. The smallest absolute Gasteiger partial charge is 0.293 e. The maximum absolute atomic E-state index is 14.2. The van der Waals surface area contributed by atoms with Crippen LogP contribution in [0, 0.1) is 21.4 Å². The number of benzene rings is 3. The molecule has 16 nitrogen and oxygen atoms in total. The van der Waals surface area contributed by atoms with E-state index in [9.17, 15) is 23.3 Å². The molecule has 8 rings (SSSR count). The molecule has 334 valence electrons. The van der Waals surface area contributed by atoms with E-state index in [-0.39, 0.29) is 34.4 Å². The van der Waals surface area contributed by atoms with Crippen molar-refractivity contribution in [3.05, 3.63) is 98.7 Å². The second-order valence-electron chi connectivity index (χ2n) is 17.5. The average Bonchev–Trinajstić information content (AvgIpc) is 3.48. The molecule has 0 bridgehead atoms. The molecule has 18 heteroatoms. The summed E-state index contributed by atoms with van der Waals surface area (Å²) in [7, 11) is -4.57. The van der Waals surface area contributed by atoms with Gasteiger partial charge in [-0.3, -0.25) is 19.8 Å². The molecule has 2 fully saturated rings. The number of nitrogens with two attached hydrogens (primary N) is 1. The highest BCUT2D eigenvalue weighted by Gasteiger charge is 2.32. The molecule has 4 aliphatic rings. The molecule has 1 aromatic heterocycles. The monoisotopic (exact) mass is 899 g/mol. The van der Waals surface area contributed by atoms with E-state index in [4.69, 9.17) is 26.8 Å². The lowest BCUT2D eigenvalue weighted by molar-refractivity contribution is -0.384. The number of nitro benzene ring substituents is 1. The van der Waals surface area contributed by atoms with Gasteiger partial charge in [0.25, 0.3) is 21.6 Å². The molecular formula is C45H54ClN9O7S. The minimum atomic E-state index is -4.57. The van der Waals surface area contributed by atoms with Gasteiger partial charge in [-0.2, -0.15) is 4.98 Å². The van der Waals surface area contributed by atoms with E-state index in [2.05, 4.69) is 55.8 Å². The fourth-order valence-corrected chi connectivity index (χ4v) is 9.99. The molecule has 63 heavy (non-hydrogen) atoms. The Hall–Kier alpha value is -5.49. The zero-order valence-corrected chi connectivity index (χ0v) is 37.2. The summed E-state index contributed by atoms with van der Waals surface area (Å²) in [5.74, 6) is -0.369. The lowest BCUT2D eigenvalue weighted by Gasteiger charge is -2.39. The summed E-state index contributed by atoms with van der Waals surface area (Å²) in [5, 5.41) is 16.0. The number of carbonyl (C=O) groups excluding carboxylic acids is 1. The number of amides is 1. The number of sulfonamides is 1. The average molecular weight is 901 g/mol. The summed E-state index contributed by atoms with van der Waals surface area (Å²) in [4.78, 5) is 40.5. The zero-order chi connectivity index (χ0) is 44.3. The van der Waals surface area contributed by atoms with Crippen LogP contribution in [-0.4, -0.2) is 99.8 Å². The van der Waals surface area contributed by atoms with Crippen molar-refractivity contribution in [1.29, 1.82) is 0 Å². The highest BCUT2D eigenvalue weighted by Crippen LogP contribution is 2.44. The van der Waals surface area contributed by atoms with Gasteiger partial charge in [0.1, 0.15) is 11.4 Å². The number of nitrogens with one attached hydrogen (secondary N) is 2. The number of fused-ring (bicyclic) bond motifs is 1. The quantitative estimate of drug-likeness (QED) is 0.0947. The van der Waals surface area contributed by atoms with Crippen LogP contribution in [0.3, 0.4) is 0 Å². The van der Waals surface area contributed by atoms with Gasteiger partial charge in [0.05, 0.1) is 33.9 Å². The van der Waals surface area contributed by atoms with Gasteiger partial charge in [0.15, 0.2) is 0 Å². The van der Waals surface area contributed by atoms with Crippen LogP contribution >= 0.6 is 11.6 Å². The highest BCUT2D eigenvalue weighted by atomic mass is 35.5. The number of allylic oxidation sites excluding steroid dienone is 1. The van der Waals surface area contributed by atoms with E-state index in [1.807, 2.05) is 29.2 Å². The van der Waals surface area contributed by atoms with E-state index >= 15 is 0 Å². The van der Waals surface area contributed by atoms with Crippen LogP contribution in [0.5, 0.6) is 5.88 Å². The van der Waals surface area contributed by atoms with Crippen LogP contribution in [0.15, 0.2) is 77.3 Å². The summed E-state index contributed by atoms with van der Waals surface area (Å²) in [6, 6.07) is 17.1. The third-order valence-electron chi connectivity index (χ3n) is 12.5. The first-order chi connectivity index (χ1) is 30.2. The lowest BCUT2D eigenvalue weighted by Crippen LogP contribution is -2.47. The summed E-state index contributed by atoms with van der Waals surface area (Å²) < 4.78 is 41.2. The molecule has 3 aliphatic heterocycles. The molecule has 0 radical (unpaired) electrons. The number of aromatic nitrogens is 2. The molecule has 3 aromatic carbocycles. The van der Waals surface area contributed by atoms with Crippen LogP contribution in [0.4, 0.5) is 34.4 Å². The van der Waals surface area contributed by atoms with Gasteiger partial charge < -0.3 is 30.3 Å². The first-order valence-electron chi connectivity index (χ1n) is 21.5. The van der Waals surface area contributed by atoms with E-state index in [0.717, 1.165) is 81.6 Å². The van der Waals surface area contributed by atoms with Crippen LogP contribution in [0.25, 0.3) is 5.57 Å². The van der Waals surface area contributed by atoms with E-state index < -0.39 is 31.4 Å². The Morgan fingerprint density at radius 1 is 1.00 bits per heavy atom. The van der Waals surface area contributed by atoms with Crippen LogP contribution in [0.1, 0.15) is 68.3 Å². The van der Waals surface area contributed by atoms with Gasteiger partial charge in [-0.1, -0.05) is 43.2 Å². The third-order valence-corrected chi connectivity index (χ3v) is 14.1. The molecule has 4 aromatic rings. The molecular weight excluding hydrogens is 846 g/mol. The van der Waals surface area contributed by atoms with Gasteiger partial charge >= 0.3 is 0 Å². The third kappa shape index (κ3) is 10.3. The number of nitrogens with zero attached hydrogens (tertiary/aromatic N) is 6. The number of nitro groups is 1. The molecule has 2 saturated heterocycles. The number of rotatable bonds is 12. The first-order valence-corrected chi connectivity index (χ1v) is 23.4. The Morgan fingerprint density at radius 3 is 2.51 bits per heavy atom. The van der Waals surface area contributed by atoms with Gasteiger partial charge in [-0.15, -0.1) is 0 Å². The van der Waals surface area contributed by atoms with Crippen LogP contribution in [0.2, 0.25) is 5.02 Å². The minimum absolute atomic E-state index is 0.0261. The van der Waals surface area contributed by atoms with Gasteiger partial charge in [0.2, 0.25) is 11.8 Å². The number of halogens is 1. The molecule has 0 atom stereocenters. The van der Waals surface area contributed by atoms with Crippen LogP contribution < -0.4 is 30.3 Å². The number of nitrogen functional groups attached to an aromatic ring is 1. The molecule has 4 heterocycles. The molecule has 1 aliphatic carbocycles. The van der Waals surface area contributed by atoms with Gasteiger partial charge in [0, 0.05) is 75.8 Å². The molecule has 4 N–H and O–H groups in total. The molecule has 0 unspecified atom stereocenters. The predicted octanol–water partition coefficient (Wildman–Crippen LogP) is 7.28. The number of hydrogen-bond acceptors (Lipinski definition) is 14. The molecule has 1 amide bonds. The molecule has 0 saturated carbocycles. The van der Waals surface area contributed by atoms with Crippen molar-refractivity contribution >= 4 is 67.5 Å². The van der Waals surface area contributed by atoms with Gasteiger partial charge in [-0.05, 0) is 103 Å². The second kappa shape index (κ2) is 18.7. The van der Waals surface area contributed by atoms with E-state index in [0.29, 0.717) is 50.7 Å². The Kier molecular flexibility index (Phi) is 13.1. The van der Waals surface area contributed by atoms with Crippen molar-refractivity contribution in [2.75, 3.05) is 86.5 Å². The standard InChI is InChI=1S/C45H54ClN9O7S/c1-45(2)15-12-32(37(26-45)31-4-6-33(46)7-5-31)29-52-17-19-53(20-18-52)34-8-10-36(39(24-34)54-16-3-21-62-43-41(54)28-49-44(47)50-43)42(56)51-63(59,60)35-9-11-38(40(25-35)55(57)58)48-27-30-13-22-61-23-14-30/h4-11,24-25,28,30,48H,3,12-23,26-27,29H2,1-2H3,(H,51,56)(H2,47,49,50). The summed E-state index contributed by atoms with van der Waals surface area (Å²) in [6.07, 6.45) is 6.91.